The Morgan fingerprint density at radius 1 is 1.37 bits per heavy atom. The van der Waals surface area contributed by atoms with E-state index in [0.717, 1.165) is 24.5 Å². The van der Waals surface area contributed by atoms with E-state index in [0.29, 0.717) is 17.6 Å². The van der Waals surface area contributed by atoms with Crippen LogP contribution < -0.4 is 26.7 Å². The van der Waals surface area contributed by atoms with Crippen LogP contribution in [0.5, 0.6) is 5.75 Å². The molecule has 2 atom stereocenters. The van der Waals surface area contributed by atoms with Crippen LogP contribution in [0.3, 0.4) is 0 Å². The average Bonchev–Trinajstić information content (AvgIpc) is 3.40. The number of rotatable bonds is 4. The molecule has 2 aromatic rings. The van der Waals surface area contributed by atoms with Crippen molar-refractivity contribution in [3.63, 3.8) is 0 Å². The van der Waals surface area contributed by atoms with Crippen LogP contribution in [-0.2, 0) is 0 Å². The fourth-order valence-electron chi connectivity index (χ4n) is 4.85. The molecule has 5 rings (SSSR count). The van der Waals surface area contributed by atoms with Gasteiger partial charge in [-0.3, -0.25) is 9.36 Å². The molecule has 9 nitrogen and oxygen atoms in total. The van der Waals surface area contributed by atoms with Gasteiger partial charge in [-0.05, 0) is 30.9 Å². The summed E-state index contributed by atoms with van der Waals surface area (Å²) in [6.45, 7) is 0.247. The highest BCUT2D eigenvalue weighted by Crippen LogP contribution is 2.47. The van der Waals surface area contributed by atoms with E-state index in [4.69, 9.17) is 10.6 Å². The molecule has 2 unspecified atom stereocenters. The van der Waals surface area contributed by atoms with E-state index in [-0.39, 0.29) is 47.5 Å². The Kier molecular flexibility index (Phi) is 4.03. The van der Waals surface area contributed by atoms with Crippen LogP contribution in [0.15, 0.2) is 27.3 Å². The molecule has 1 saturated heterocycles. The van der Waals surface area contributed by atoms with E-state index >= 15 is 4.39 Å². The number of benzene rings is 1. The van der Waals surface area contributed by atoms with Crippen molar-refractivity contribution in [3.05, 3.63) is 44.4 Å². The Morgan fingerprint density at radius 2 is 2.10 bits per heavy atom. The lowest BCUT2D eigenvalue weighted by Gasteiger charge is -2.29. The third-order valence-electron chi connectivity index (χ3n) is 6.58. The zero-order chi connectivity index (χ0) is 21.4. The summed E-state index contributed by atoms with van der Waals surface area (Å²) in [5.74, 6) is 4.75. The van der Waals surface area contributed by atoms with Crippen molar-refractivity contribution >= 4 is 16.6 Å². The summed E-state index contributed by atoms with van der Waals surface area (Å²) in [7, 11) is 1.37. The van der Waals surface area contributed by atoms with Crippen LogP contribution in [0.2, 0.25) is 0 Å². The molecular weight excluding hydrogens is 395 g/mol. The molecule has 1 aliphatic heterocycles. The number of hydrogen-bond acceptors (Lipinski definition) is 7. The van der Waals surface area contributed by atoms with Crippen molar-refractivity contribution in [1.29, 1.82) is 0 Å². The van der Waals surface area contributed by atoms with E-state index in [1.54, 1.807) is 4.90 Å². The van der Waals surface area contributed by atoms with Gasteiger partial charge in [0.1, 0.15) is 11.2 Å². The molecule has 2 fully saturated rings. The summed E-state index contributed by atoms with van der Waals surface area (Å²) >= 11 is 0. The largest absolute Gasteiger partial charge is 0.492 e. The van der Waals surface area contributed by atoms with E-state index in [9.17, 15) is 19.8 Å². The van der Waals surface area contributed by atoms with Crippen molar-refractivity contribution in [1.82, 2.24) is 9.24 Å². The second-order valence-electron chi connectivity index (χ2n) is 8.37. The molecule has 0 spiro atoms. The van der Waals surface area contributed by atoms with Gasteiger partial charge in [-0.1, -0.05) is 6.08 Å². The molecule has 1 saturated carbocycles. The van der Waals surface area contributed by atoms with Crippen LogP contribution in [0.25, 0.3) is 10.9 Å². The fourth-order valence-corrected chi connectivity index (χ4v) is 4.85. The van der Waals surface area contributed by atoms with Crippen LogP contribution in [0.1, 0.15) is 25.3 Å². The maximum atomic E-state index is 15.3. The first-order chi connectivity index (χ1) is 14.3. The standard InChI is InChI=1S/C20H23FN4O5/c1-30-17-15-12(18(27)25(22)19(28)24(15)11-2-3-11)6-14(21)16(17)23-7-10-4-5-20(29,9-26)13(10)8-23/h4,6,11,13,26,29H,2-3,5,7-9,22H2,1H3. The number of halogens is 1. The Bertz CT molecular complexity index is 1210. The Hall–Kier alpha value is -2.85. The molecule has 4 N–H and O–H groups in total. The molecule has 0 amide bonds. The molecule has 0 radical (unpaired) electrons. The number of aliphatic hydroxyl groups excluding tert-OH is 1. The Morgan fingerprint density at radius 3 is 2.73 bits per heavy atom. The molecule has 2 heterocycles. The number of hydrogen-bond donors (Lipinski definition) is 3. The first-order valence-electron chi connectivity index (χ1n) is 9.90. The molecule has 30 heavy (non-hydrogen) atoms. The van der Waals surface area contributed by atoms with Crippen molar-refractivity contribution in [3.8, 4) is 5.75 Å². The Balaban J connectivity index is 1.74. The van der Waals surface area contributed by atoms with Crippen molar-refractivity contribution in [2.75, 3.05) is 37.5 Å². The third-order valence-corrected chi connectivity index (χ3v) is 6.58. The van der Waals surface area contributed by atoms with Gasteiger partial charge in [-0.25, -0.2) is 9.18 Å². The molecule has 3 aliphatic rings. The van der Waals surface area contributed by atoms with Gasteiger partial charge < -0.3 is 25.7 Å². The minimum Gasteiger partial charge on any atom is -0.492 e. The van der Waals surface area contributed by atoms with E-state index in [2.05, 4.69) is 0 Å². The van der Waals surface area contributed by atoms with Gasteiger partial charge >= 0.3 is 5.69 Å². The maximum Gasteiger partial charge on any atom is 0.350 e. The zero-order valence-electron chi connectivity index (χ0n) is 16.5. The van der Waals surface area contributed by atoms with E-state index in [1.807, 2.05) is 6.08 Å². The van der Waals surface area contributed by atoms with Gasteiger partial charge in [0.25, 0.3) is 5.56 Å². The van der Waals surface area contributed by atoms with Gasteiger partial charge in [0.05, 0.1) is 24.7 Å². The summed E-state index contributed by atoms with van der Waals surface area (Å²) in [6, 6.07) is 0.973. The number of nitrogen functional groups attached to an aromatic ring is 1. The molecular formula is C20H23FN4O5. The number of fused-ring (bicyclic) bond motifs is 2. The number of nitrogens with two attached hydrogens (primary N) is 1. The average molecular weight is 418 g/mol. The zero-order valence-corrected chi connectivity index (χ0v) is 16.5. The summed E-state index contributed by atoms with van der Waals surface area (Å²) < 4.78 is 22.8. The molecule has 10 heteroatoms. The van der Waals surface area contributed by atoms with Gasteiger partial charge in [-0.2, -0.15) is 4.68 Å². The van der Waals surface area contributed by atoms with Gasteiger partial charge in [-0.15, -0.1) is 0 Å². The number of ether oxygens (including phenoxy) is 1. The minimum atomic E-state index is -1.27. The van der Waals surface area contributed by atoms with E-state index < -0.39 is 22.7 Å². The maximum absolute atomic E-state index is 15.3. The first-order valence-corrected chi connectivity index (χ1v) is 9.90. The van der Waals surface area contributed by atoms with Crippen LogP contribution in [0, 0.1) is 11.7 Å². The normalized spacial score (nSPS) is 25.7. The number of anilines is 1. The predicted molar refractivity (Wildman–Crippen MR) is 108 cm³/mol. The van der Waals surface area contributed by atoms with Gasteiger partial charge in [0.2, 0.25) is 0 Å². The van der Waals surface area contributed by atoms with Crippen LogP contribution in [-0.4, -0.2) is 51.9 Å². The minimum absolute atomic E-state index is 0.0208. The monoisotopic (exact) mass is 418 g/mol. The Labute approximate surface area is 170 Å². The topological polar surface area (TPSA) is 123 Å². The third kappa shape index (κ3) is 2.46. The van der Waals surface area contributed by atoms with Crippen molar-refractivity contribution in [2.24, 2.45) is 5.92 Å². The summed E-state index contributed by atoms with van der Waals surface area (Å²) in [5, 5.41) is 20.3. The van der Waals surface area contributed by atoms with Gasteiger partial charge in [0.15, 0.2) is 11.6 Å². The lowest BCUT2D eigenvalue weighted by molar-refractivity contribution is -0.0344. The molecule has 1 aromatic heterocycles. The molecule has 160 valence electrons. The number of nitrogens with zero attached hydrogens (tertiary/aromatic N) is 3. The first kappa shape index (κ1) is 19.1. The van der Waals surface area contributed by atoms with Crippen LogP contribution >= 0.6 is 0 Å². The van der Waals surface area contributed by atoms with Crippen molar-refractivity contribution < 1.29 is 19.3 Å². The number of methoxy groups -OCH3 is 1. The van der Waals surface area contributed by atoms with Crippen LogP contribution in [0.4, 0.5) is 10.1 Å². The lowest BCUT2D eigenvalue weighted by Crippen LogP contribution is -2.44. The fraction of sp³-hybridized carbons (Fsp3) is 0.500. The predicted octanol–water partition coefficient (Wildman–Crippen LogP) is -0.151. The molecule has 1 aromatic carbocycles. The number of aliphatic hydroxyl groups is 2. The van der Waals surface area contributed by atoms with Gasteiger partial charge in [0, 0.05) is 25.0 Å². The SMILES string of the molecule is COc1c(N2CC3=CCC(O)(CO)C3C2)c(F)cc2c(=O)n(N)c(=O)n(C3CC3)c12. The second-order valence-corrected chi connectivity index (χ2v) is 8.37. The highest BCUT2D eigenvalue weighted by Gasteiger charge is 2.47. The summed E-state index contributed by atoms with van der Waals surface area (Å²) in [6.07, 6.45) is 3.74. The molecule has 2 aliphatic carbocycles. The summed E-state index contributed by atoms with van der Waals surface area (Å²) in [4.78, 5) is 27.0. The number of aromatic nitrogens is 2. The quantitative estimate of drug-likeness (QED) is 0.466. The van der Waals surface area contributed by atoms with E-state index in [1.165, 1.54) is 11.7 Å². The highest BCUT2D eigenvalue weighted by molar-refractivity contribution is 5.91. The highest BCUT2D eigenvalue weighted by atomic mass is 19.1. The summed E-state index contributed by atoms with van der Waals surface area (Å²) in [5.41, 5.74) is -1.44. The smallest absolute Gasteiger partial charge is 0.350 e. The lowest BCUT2D eigenvalue weighted by atomic mass is 9.89. The second kappa shape index (κ2) is 6.32. The van der Waals surface area contributed by atoms with Crippen molar-refractivity contribution in [2.45, 2.75) is 30.9 Å². The molecule has 0 bridgehead atoms.